The summed E-state index contributed by atoms with van der Waals surface area (Å²) >= 11 is 0. The summed E-state index contributed by atoms with van der Waals surface area (Å²) in [5.41, 5.74) is 8.08. The van der Waals surface area contributed by atoms with Gasteiger partial charge in [-0.3, -0.25) is 0 Å². The topological polar surface area (TPSA) is 35.2 Å². The summed E-state index contributed by atoms with van der Waals surface area (Å²) in [5, 5.41) is 0. The minimum absolute atomic E-state index is 0.138. The largest absolute Gasteiger partial charge is 0.496 e. The Labute approximate surface area is 117 Å². The molecule has 0 amide bonds. The quantitative estimate of drug-likeness (QED) is 0.929. The highest BCUT2D eigenvalue weighted by Crippen LogP contribution is 2.28. The summed E-state index contributed by atoms with van der Waals surface area (Å²) in [6.45, 7) is 3.42. The Morgan fingerprint density at radius 1 is 1.00 bits per heavy atom. The number of halogens is 2. The molecule has 1 atom stereocenters. The molecule has 0 spiro atoms. The molecule has 2 nitrogen and oxygen atoms in total. The van der Waals surface area contributed by atoms with Gasteiger partial charge in [-0.15, -0.1) is 0 Å². The van der Waals surface area contributed by atoms with Gasteiger partial charge in [0.05, 0.1) is 13.2 Å². The third-order valence-electron chi connectivity index (χ3n) is 3.43. The summed E-state index contributed by atoms with van der Waals surface area (Å²) in [5.74, 6) is -1.07. The fraction of sp³-hybridized carbons (Fsp3) is 0.250. The van der Waals surface area contributed by atoms with Crippen LogP contribution in [0.15, 0.2) is 30.3 Å². The van der Waals surface area contributed by atoms with E-state index >= 15 is 0 Å². The average Bonchev–Trinajstić information content (AvgIpc) is 2.45. The van der Waals surface area contributed by atoms with Crippen LogP contribution < -0.4 is 10.5 Å². The van der Waals surface area contributed by atoms with Gasteiger partial charge in [0.2, 0.25) is 0 Å². The molecule has 0 radical (unpaired) electrons. The van der Waals surface area contributed by atoms with E-state index in [0.717, 1.165) is 5.56 Å². The van der Waals surface area contributed by atoms with Crippen LogP contribution in [0.4, 0.5) is 8.78 Å². The summed E-state index contributed by atoms with van der Waals surface area (Å²) in [7, 11) is 1.56. The lowest BCUT2D eigenvalue weighted by molar-refractivity contribution is 0.411. The van der Waals surface area contributed by atoms with Gasteiger partial charge in [-0.25, -0.2) is 8.78 Å². The Morgan fingerprint density at radius 3 is 2.30 bits per heavy atom. The predicted molar refractivity (Wildman–Crippen MR) is 74.9 cm³/mol. The lowest BCUT2D eigenvalue weighted by Crippen LogP contribution is -2.15. The highest BCUT2D eigenvalue weighted by Gasteiger charge is 2.18. The monoisotopic (exact) mass is 277 g/mol. The first-order chi connectivity index (χ1) is 9.45. The fourth-order valence-electron chi connectivity index (χ4n) is 2.11. The average molecular weight is 277 g/mol. The molecule has 4 heteroatoms. The summed E-state index contributed by atoms with van der Waals surface area (Å²) < 4.78 is 32.8. The molecule has 0 bridgehead atoms. The van der Waals surface area contributed by atoms with Crippen molar-refractivity contribution in [3.05, 3.63) is 64.2 Å². The molecular formula is C16H17F2NO. The van der Waals surface area contributed by atoms with Crippen LogP contribution in [0.1, 0.15) is 28.3 Å². The molecular weight excluding hydrogens is 260 g/mol. The number of rotatable bonds is 3. The van der Waals surface area contributed by atoms with E-state index in [1.54, 1.807) is 19.2 Å². The molecule has 20 heavy (non-hydrogen) atoms. The first-order valence-corrected chi connectivity index (χ1v) is 6.30. The van der Waals surface area contributed by atoms with E-state index in [1.807, 2.05) is 13.0 Å². The van der Waals surface area contributed by atoms with E-state index < -0.39 is 17.7 Å². The van der Waals surface area contributed by atoms with Crippen molar-refractivity contribution in [2.75, 3.05) is 7.11 Å². The van der Waals surface area contributed by atoms with Crippen molar-refractivity contribution in [2.45, 2.75) is 19.9 Å². The van der Waals surface area contributed by atoms with Gasteiger partial charge in [0.25, 0.3) is 0 Å². The van der Waals surface area contributed by atoms with Gasteiger partial charge < -0.3 is 10.5 Å². The number of ether oxygens (including phenoxy) is 1. The normalized spacial score (nSPS) is 12.3. The second-order valence-electron chi connectivity index (χ2n) is 4.81. The smallest absolute Gasteiger partial charge is 0.164 e. The lowest BCUT2D eigenvalue weighted by atomic mass is 9.96. The van der Waals surface area contributed by atoms with E-state index in [2.05, 4.69) is 0 Å². The van der Waals surface area contributed by atoms with Crippen molar-refractivity contribution in [2.24, 2.45) is 5.73 Å². The van der Waals surface area contributed by atoms with Crippen molar-refractivity contribution < 1.29 is 13.5 Å². The van der Waals surface area contributed by atoms with Crippen molar-refractivity contribution in [3.8, 4) is 5.75 Å². The van der Waals surface area contributed by atoms with Crippen LogP contribution in [-0.4, -0.2) is 7.11 Å². The number of hydrogen-bond donors (Lipinski definition) is 1. The molecule has 0 aliphatic carbocycles. The second-order valence-corrected chi connectivity index (χ2v) is 4.81. The molecule has 0 aromatic heterocycles. The van der Waals surface area contributed by atoms with Gasteiger partial charge in [0.15, 0.2) is 11.6 Å². The van der Waals surface area contributed by atoms with Crippen LogP contribution in [0, 0.1) is 25.5 Å². The number of methoxy groups -OCH3 is 1. The van der Waals surface area contributed by atoms with Crippen molar-refractivity contribution in [1.82, 2.24) is 0 Å². The number of nitrogens with two attached hydrogens (primary N) is 1. The van der Waals surface area contributed by atoms with E-state index in [0.29, 0.717) is 11.3 Å². The molecule has 0 heterocycles. The molecule has 0 saturated heterocycles. The van der Waals surface area contributed by atoms with Crippen LogP contribution in [0.25, 0.3) is 0 Å². The van der Waals surface area contributed by atoms with Crippen molar-refractivity contribution in [1.29, 1.82) is 0 Å². The number of aryl methyl sites for hydroxylation is 2. The first-order valence-electron chi connectivity index (χ1n) is 6.30. The van der Waals surface area contributed by atoms with Crippen LogP contribution >= 0.6 is 0 Å². The van der Waals surface area contributed by atoms with E-state index in [9.17, 15) is 8.78 Å². The van der Waals surface area contributed by atoms with Crippen LogP contribution in [-0.2, 0) is 0 Å². The maximum Gasteiger partial charge on any atom is 0.164 e. The highest BCUT2D eigenvalue weighted by atomic mass is 19.2. The third kappa shape index (κ3) is 2.51. The molecule has 2 rings (SSSR count). The van der Waals surface area contributed by atoms with E-state index in [4.69, 9.17) is 10.5 Å². The Morgan fingerprint density at radius 2 is 1.65 bits per heavy atom. The maximum atomic E-state index is 14.0. The number of hydrogen-bond acceptors (Lipinski definition) is 2. The molecule has 0 aliphatic heterocycles. The minimum atomic E-state index is -0.892. The molecule has 2 aromatic carbocycles. The summed E-state index contributed by atoms with van der Waals surface area (Å²) in [4.78, 5) is 0. The zero-order valence-corrected chi connectivity index (χ0v) is 11.7. The van der Waals surface area contributed by atoms with Crippen molar-refractivity contribution >= 4 is 0 Å². The molecule has 0 saturated carbocycles. The maximum absolute atomic E-state index is 14.0. The van der Waals surface area contributed by atoms with Gasteiger partial charge in [-0.05, 0) is 36.6 Å². The van der Waals surface area contributed by atoms with Gasteiger partial charge >= 0.3 is 0 Å². The van der Waals surface area contributed by atoms with Gasteiger partial charge in [0, 0.05) is 5.56 Å². The Balaban J connectivity index is 2.46. The molecule has 1 unspecified atom stereocenters. The van der Waals surface area contributed by atoms with E-state index in [1.165, 1.54) is 19.1 Å². The van der Waals surface area contributed by atoms with Gasteiger partial charge in [0.1, 0.15) is 5.75 Å². The molecule has 0 aliphatic rings. The fourth-order valence-corrected chi connectivity index (χ4v) is 2.11. The predicted octanol–water partition coefficient (Wildman–Crippen LogP) is 3.64. The lowest BCUT2D eigenvalue weighted by Gasteiger charge is -2.16. The Bertz CT molecular complexity index is 641. The first kappa shape index (κ1) is 14.5. The number of benzene rings is 2. The minimum Gasteiger partial charge on any atom is -0.496 e. The standard InChI is InChI=1S/C16H17F2NO/c1-9-4-6-11(8-13(9)20-3)16(19)12-7-5-10(2)14(17)15(12)18/h4-8,16H,19H2,1-3H3. The Kier molecular flexibility index (Phi) is 4.04. The summed E-state index contributed by atoms with van der Waals surface area (Å²) in [6.07, 6.45) is 0. The zero-order valence-electron chi connectivity index (χ0n) is 11.7. The Hall–Kier alpha value is -1.94. The molecule has 0 fully saturated rings. The third-order valence-corrected chi connectivity index (χ3v) is 3.43. The van der Waals surface area contributed by atoms with Crippen molar-refractivity contribution in [3.63, 3.8) is 0 Å². The SMILES string of the molecule is COc1cc(C(N)c2ccc(C)c(F)c2F)ccc1C. The van der Waals surface area contributed by atoms with Crippen LogP contribution in [0.2, 0.25) is 0 Å². The molecule has 2 N–H and O–H groups in total. The summed E-state index contributed by atoms with van der Waals surface area (Å²) in [6, 6.07) is 7.69. The highest BCUT2D eigenvalue weighted by molar-refractivity contribution is 5.42. The second kappa shape index (κ2) is 5.59. The molecule has 106 valence electrons. The molecule has 2 aromatic rings. The van der Waals surface area contributed by atoms with Crippen LogP contribution in [0.5, 0.6) is 5.75 Å². The van der Waals surface area contributed by atoms with Crippen LogP contribution in [0.3, 0.4) is 0 Å². The zero-order chi connectivity index (χ0) is 14.9. The van der Waals surface area contributed by atoms with E-state index in [-0.39, 0.29) is 11.1 Å². The van der Waals surface area contributed by atoms with Gasteiger partial charge in [-0.2, -0.15) is 0 Å². The van der Waals surface area contributed by atoms with Gasteiger partial charge in [-0.1, -0.05) is 24.3 Å².